The Bertz CT molecular complexity index is 1380. The Morgan fingerprint density at radius 3 is 3.03 bits per heavy atom. The van der Waals surface area contributed by atoms with Gasteiger partial charge in [0.1, 0.15) is 16.9 Å². The molecule has 1 aliphatic heterocycles. The minimum absolute atomic E-state index is 0.0202. The molecule has 0 radical (unpaired) electrons. The van der Waals surface area contributed by atoms with E-state index in [2.05, 4.69) is 33.7 Å². The molecule has 1 saturated carbocycles. The van der Waals surface area contributed by atoms with Gasteiger partial charge in [-0.05, 0) is 43.1 Å². The van der Waals surface area contributed by atoms with Crippen LogP contribution in [-0.2, 0) is 22.4 Å². The summed E-state index contributed by atoms with van der Waals surface area (Å²) in [6.45, 7) is 6.73. The summed E-state index contributed by atoms with van der Waals surface area (Å²) in [5.41, 5.74) is 4.31. The molecule has 34 heavy (non-hydrogen) atoms. The van der Waals surface area contributed by atoms with Crippen molar-refractivity contribution in [2.45, 2.75) is 32.6 Å². The largest absolute Gasteiger partial charge is 0.449 e. The fraction of sp³-hybridized carbons (Fsp3) is 0.417. The van der Waals surface area contributed by atoms with Gasteiger partial charge in [0.2, 0.25) is 0 Å². The molecule has 176 valence electrons. The number of imidazole rings is 1. The lowest BCUT2D eigenvalue weighted by Gasteiger charge is -2.29. The molecular formula is C24H25FN6O3. The van der Waals surface area contributed by atoms with Gasteiger partial charge in [-0.3, -0.25) is 14.8 Å². The van der Waals surface area contributed by atoms with E-state index in [4.69, 9.17) is 4.74 Å². The van der Waals surface area contributed by atoms with Gasteiger partial charge in [0.25, 0.3) is 5.91 Å². The molecule has 10 heteroatoms. The summed E-state index contributed by atoms with van der Waals surface area (Å²) in [5.74, 6) is 0.0827. The van der Waals surface area contributed by atoms with Crippen LogP contribution in [0.15, 0.2) is 24.4 Å². The van der Waals surface area contributed by atoms with E-state index in [1.54, 1.807) is 6.07 Å². The van der Waals surface area contributed by atoms with Gasteiger partial charge in [-0.2, -0.15) is 5.10 Å². The van der Waals surface area contributed by atoms with E-state index in [1.165, 1.54) is 29.3 Å². The van der Waals surface area contributed by atoms with Crippen LogP contribution in [0.3, 0.4) is 0 Å². The molecule has 3 aromatic rings. The van der Waals surface area contributed by atoms with Gasteiger partial charge in [-0.1, -0.05) is 13.5 Å². The molecule has 3 heterocycles. The molecule has 0 spiro atoms. The van der Waals surface area contributed by atoms with Crippen molar-refractivity contribution < 1.29 is 18.7 Å². The number of likely N-dealkylation sites (N-methyl/N-ethyl adjacent to an activating group) is 1. The van der Waals surface area contributed by atoms with E-state index >= 15 is 4.39 Å². The zero-order chi connectivity index (χ0) is 23.8. The second kappa shape index (κ2) is 7.15. The molecule has 2 amide bonds. The molecule has 3 aliphatic rings. The third kappa shape index (κ3) is 3.12. The molecule has 2 atom stereocenters. The van der Waals surface area contributed by atoms with Crippen molar-refractivity contribution in [1.82, 2.24) is 25.1 Å². The molecule has 1 aromatic carbocycles. The zero-order valence-electron chi connectivity index (χ0n) is 19.1. The number of anilines is 1. The third-order valence-corrected chi connectivity index (χ3v) is 7.51. The first-order valence-corrected chi connectivity index (χ1v) is 11.4. The topological polar surface area (TPSA) is 107 Å². The van der Waals surface area contributed by atoms with Crippen molar-refractivity contribution in [3.63, 3.8) is 0 Å². The van der Waals surface area contributed by atoms with Gasteiger partial charge < -0.3 is 14.6 Å². The van der Waals surface area contributed by atoms with Gasteiger partial charge in [0.15, 0.2) is 11.6 Å². The molecular weight excluding hydrogens is 439 g/mol. The Labute approximate surface area is 195 Å². The molecule has 2 aromatic heterocycles. The van der Waals surface area contributed by atoms with Crippen molar-refractivity contribution in [3.8, 4) is 11.5 Å². The van der Waals surface area contributed by atoms with Crippen LogP contribution in [-0.4, -0.2) is 57.3 Å². The highest BCUT2D eigenvalue weighted by Gasteiger charge is 2.53. The highest BCUT2D eigenvalue weighted by molar-refractivity contribution is 6.07. The van der Waals surface area contributed by atoms with E-state index in [0.717, 1.165) is 29.8 Å². The van der Waals surface area contributed by atoms with Crippen molar-refractivity contribution in [2.24, 2.45) is 11.3 Å². The number of aromatic nitrogens is 4. The van der Waals surface area contributed by atoms with E-state index in [-0.39, 0.29) is 11.2 Å². The second-order valence-electron chi connectivity index (χ2n) is 9.80. The molecule has 9 nitrogen and oxygen atoms in total. The van der Waals surface area contributed by atoms with Crippen LogP contribution in [0.5, 0.6) is 0 Å². The van der Waals surface area contributed by atoms with Crippen molar-refractivity contribution in [2.75, 3.05) is 25.1 Å². The summed E-state index contributed by atoms with van der Waals surface area (Å²) >= 11 is 0. The second-order valence-corrected chi connectivity index (χ2v) is 9.80. The van der Waals surface area contributed by atoms with Crippen molar-refractivity contribution >= 4 is 28.7 Å². The summed E-state index contributed by atoms with van der Waals surface area (Å²) in [4.78, 5) is 35.1. The van der Waals surface area contributed by atoms with E-state index in [0.29, 0.717) is 47.9 Å². The number of aromatic amines is 2. The Balaban J connectivity index is 1.30. The Morgan fingerprint density at radius 1 is 1.41 bits per heavy atom. The van der Waals surface area contributed by atoms with Crippen LogP contribution >= 0.6 is 0 Å². The first kappa shape index (κ1) is 20.9. The van der Waals surface area contributed by atoms with Gasteiger partial charge in [0, 0.05) is 36.6 Å². The number of rotatable bonds is 4. The summed E-state index contributed by atoms with van der Waals surface area (Å²) < 4.78 is 20.0. The number of hydrogen-bond donors (Lipinski definition) is 2. The number of ether oxygens (including phenoxy) is 1. The molecule has 2 aliphatic carbocycles. The fourth-order valence-corrected chi connectivity index (χ4v) is 5.24. The van der Waals surface area contributed by atoms with Crippen molar-refractivity contribution in [3.05, 3.63) is 41.5 Å². The first-order valence-electron chi connectivity index (χ1n) is 11.4. The lowest BCUT2D eigenvalue weighted by atomic mass is 9.88. The van der Waals surface area contributed by atoms with Crippen molar-refractivity contribution in [1.29, 1.82) is 0 Å². The molecule has 2 fully saturated rings. The highest BCUT2D eigenvalue weighted by Crippen LogP contribution is 2.59. The normalized spacial score (nSPS) is 23.3. The van der Waals surface area contributed by atoms with E-state index in [1.807, 2.05) is 0 Å². The number of benzene rings is 1. The maximum Gasteiger partial charge on any atom is 0.414 e. The number of carbonyl (C=O) groups excluding carboxylic acids is 2. The van der Waals surface area contributed by atoms with Gasteiger partial charge >= 0.3 is 6.09 Å². The summed E-state index contributed by atoms with van der Waals surface area (Å²) in [6, 6.07) is 2.91. The number of amides is 2. The average molecular weight is 465 g/mol. The maximum absolute atomic E-state index is 15.0. The monoisotopic (exact) mass is 464 g/mol. The quantitative estimate of drug-likeness (QED) is 0.575. The fourth-order valence-electron chi connectivity index (χ4n) is 5.24. The van der Waals surface area contributed by atoms with Gasteiger partial charge in [-0.15, -0.1) is 0 Å². The lowest BCUT2D eigenvalue weighted by Crippen LogP contribution is -2.42. The average Bonchev–Trinajstić information content (AvgIpc) is 3.11. The zero-order valence-corrected chi connectivity index (χ0v) is 19.1. The van der Waals surface area contributed by atoms with Crippen LogP contribution in [0.25, 0.3) is 22.6 Å². The van der Waals surface area contributed by atoms with Crippen LogP contribution in [0.4, 0.5) is 14.9 Å². The standard InChI is InChI=1S/C24H25FN6O3/c1-12(31-5-4-6-34-23(31)33)22(32)30(3)14-8-16(25)20-17(9-14)26-21(27-20)19-15-7-13-10-24(13,2)11-18(15)28-29-19/h8-9,13H,1,4-7,10-11H2,2-3H3,(H,26,27)(H,28,29)/t13-,24-/m1/s1. The Morgan fingerprint density at radius 2 is 2.24 bits per heavy atom. The SMILES string of the molecule is C=C(C(=O)N(C)c1cc(F)c2nc(-c3n[nH]c4c3C[C@@H]3C[C@]3(C)C4)[nH]c2c1)N1CCCOC1=O. The number of fused-ring (bicyclic) bond motifs is 3. The maximum atomic E-state index is 15.0. The molecule has 0 unspecified atom stereocenters. The summed E-state index contributed by atoms with van der Waals surface area (Å²) in [6.07, 6.45) is 3.14. The number of nitrogens with zero attached hydrogens (tertiary/aromatic N) is 4. The number of carbonyl (C=O) groups is 2. The summed E-state index contributed by atoms with van der Waals surface area (Å²) in [7, 11) is 1.51. The molecule has 6 rings (SSSR count). The van der Waals surface area contributed by atoms with Gasteiger partial charge in [-0.25, -0.2) is 14.2 Å². The minimum Gasteiger partial charge on any atom is -0.449 e. The summed E-state index contributed by atoms with van der Waals surface area (Å²) in [5, 5.41) is 7.63. The van der Waals surface area contributed by atoms with Gasteiger partial charge in [0.05, 0.1) is 12.1 Å². The number of hydrogen-bond acceptors (Lipinski definition) is 5. The minimum atomic E-state index is -0.605. The van der Waals surface area contributed by atoms with Crippen LogP contribution in [0, 0.1) is 17.2 Å². The van der Waals surface area contributed by atoms with E-state index in [9.17, 15) is 9.59 Å². The van der Waals surface area contributed by atoms with Crippen LogP contribution in [0.1, 0.15) is 31.0 Å². The third-order valence-electron chi connectivity index (χ3n) is 7.51. The van der Waals surface area contributed by atoms with Crippen LogP contribution < -0.4 is 4.90 Å². The molecule has 1 saturated heterocycles. The number of nitrogens with one attached hydrogen (secondary N) is 2. The molecule has 0 bridgehead atoms. The highest BCUT2D eigenvalue weighted by atomic mass is 19.1. The number of cyclic esters (lactones) is 1. The lowest BCUT2D eigenvalue weighted by molar-refractivity contribution is -0.116. The predicted molar refractivity (Wildman–Crippen MR) is 122 cm³/mol. The smallest absolute Gasteiger partial charge is 0.414 e. The Hall–Kier alpha value is -3.69. The van der Waals surface area contributed by atoms with E-state index < -0.39 is 17.8 Å². The first-order chi connectivity index (χ1) is 16.2. The number of halogens is 1. The predicted octanol–water partition coefficient (Wildman–Crippen LogP) is 3.54. The van der Waals surface area contributed by atoms with Crippen LogP contribution in [0.2, 0.25) is 0 Å². The Kier molecular flexibility index (Phi) is 4.39. The molecule has 2 N–H and O–H groups in total. The number of H-pyrrole nitrogens is 2.